The Morgan fingerprint density at radius 2 is 1.95 bits per heavy atom. The molecule has 2 nitrogen and oxygen atoms in total. The van der Waals surface area contributed by atoms with Crippen LogP contribution in [0.1, 0.15) is 58.1 Å². The summed E-state index contributed by atoms with van der Waals surface area (Å²) in [6.07, 6.45) is 5.31. The Balaban J connectivity index is 1.62. The molecule has 2 aliphatic carbocycles. The second-order valence-electron chi connectivity index (χ2n) is 8.24. The molecule has 1 aliphatic heterocycles. The van der Waals surface area contributed by atoms with E-state index in [1.165, 1.54) is 24.8 Å². The summed E-state index contributed by atoms with van der Waals surface area (Å²) < 4.78 is 5.82. The van der Waals surface area contributed by atoms with Crippen molar-refractivity contribution in [3.05, 3.63) is 29.8 Å². The van der Waals surface area contributed by atoms with Gasteiger partial charge < -0.3 is 10.1 Å². The molecule has 1 aromatic carbocycles. The highest BCUT2D eigenvalue weighted by molar-refractivity contribution is 5.37. The molecule has 21 heavy (non-hydrogen) atoms. The van der Waals surface area contributed by atoms with Crippen LogP contribution in [0.5, 0.6) is 5.75 Å². The van der Waals surface area contributed by atoms with Crippen molar-refractivity contribution in [2.75, 3.05) is 6.61 Å². The van der Waals surface area contributed by atoms with E-state index in [4.69, 9.17) is 4.74 Å². The van der Waals surface area contributed by atoms with Gasteiger partial charge >= 0.3 is 0 Å². The molecule has 2 bridgehead atoms. The summed E-state index contributed by atoms with van der Waals surface area (Å²) in [6.45, 7) is 8.29. The lowest BCUT2D eigenvalue weighted by molar-refractivity contribution is 0.0905. The molecular weight excluding hydrogens is 258 g/mol. The van der Waals surface area contributed by atoms with Crippen LogP contribution in [0, 0.1) is 16.7 Å². The number of hydrogen-bond acceptors (Lipinski definition) is 2. The normalized spacial score (nSPS) is 39.9. The Morgan fingerprint density at radius 3 is 2.71 bits per heavy atom. The third-order valence-corrected chi connectivity index (χ3v) is 6.60. The van der Waals surface area contributed by atoms with Crippen LogP contribution >= 0.6 is 0 Å². The Labute approximate surface area is 128 Å². The first kappa shape index (κ1) is 13.6. The zero-order valence-electron chi connectivity index (χ0n) is 13.5. The Hall–Kier alpha value is -1.02. The largest absolute Gasteiger partial charge is 0.493 e. The molecule has 4 unspecified atom stereocenters. The van der Waals surface area contributed by atoms with E-state index < -0.39 is 0 Å². The molecule has 2 saturated carbocycles. The molecule has 2 heteroatoms. The topological polar surface area (TPSA) is 21.3 Å². The predicted octanol–water partition coefficient (Wildman–Crippen LogP) is 4.31. The average molecular weight is 285 g/mol. The molecule has 4 rings (SSSR count). The van der Waals surface area contributed by atoms with Gasteiger partial charge in [-0.3, -0.25) is 0 Å². The van der Waals surface area contributed by atoms with Crippen LogP contribution in [0.25, 0.3) is 0 Å². The first-order valence-electron chi connectivity index (χ1n) is 8.48. The number of rotatable bonds is 2. The van der Waals surface area contributed by atoms with Gasteiger partial charge in [-0.15, -0.1) is 0 Å². The molecule has 0 saturated heterocycles. The van der Waals surface area contributed by atoms with E-state index in [1.807, 2.05) is 0 Å². The van der Waals surface area contributed by atoms with E-state index in [1.54, 1.807) is 0 Å². The summed E-state index contributed by atoms with van der Waals surface area (Å²) in [4.78, 5) is 0. The summed E-state index contributed by atoms with van der Waals surface area (Å²) in [5, 5.41) is 4.06. The van der Waals surface area contributed by atoms with Gasteiger partial charge in [-0.05, 0) is 42.1 Å². The van der Waals surface area contributed by atoms with Gasteiger partial charge in [-0.1, -0.05) is 39.0 Å². The third kappa shape index (κ3) is 1.95. The lowest BCUT2D eigenvalue weighted by atomic mass is 9.68. The highest BCUT2D eigenvalue weighted by Crippen LogP contribution is 2.62. The molecule has 114 valence electrons. The molecular formula is C19H27NO. The average Bonchev–Trinajstić information content (AvgIpc) is 2.95. The minimum absolute atomic E-state index is 0.417. The summed E-state index contributed by atoms with van der Waals surface area (Å²) in [7, 11) is 0. The number of benzene rings is 1. The van der Waals surface area contributed by atoms with Gasteiger partial charge in [0.05, 0.1) is 6.61 Å². The molecule has 0 aromatic heterocycles. The monoisotopic (exact) mass is 285 g/mol. The van der Waals surface area contributed by atoms with Crippen molar-refractivity contribution in [2.45, 2.75) is 58.5 Å². The minimum atomic E-state index is 0.417. The van der Waals surface area contributed by atoms with E-state index in [2.05, 4.69) is 50.4 Å². The second kappa shape index (κ2) is 4.49. The van der Waals surface area contributed by atoms with Gasteiger partial charge in [0.1, 0.15) is 5.75 Å². The van der Waals surface area contributed by atoms with Crippen molar-refractivity contribution >= 4 is 0 Å². The highest BCUT2D eigenvalue weighted by atomic mass is 16.5. The van der Waals surface area contributed by atoms with Crippen LogP contribution in [0.4, 0.5) is 0 Å². The number of fused-ring (bicyclic) bond motifs is 3. The third-order valence-electron chi connectivity index (χ3n) is 6.60. The van der Waals surface area contributed by atoms with Crippen molar-refractivity contribution < 1.29 is 4.74 Å². The fourth-order valence-electron chi connectivity index (χ4n) is 5.43. The van der Waals surface area contributed by atoms with Crippen molar-refractivity contribution in [3.8, 4) is 5.75 Å². The van der Waals surface area contributed by atoms with Gasteiger partial charge in [0.2, 0.25) is 0 Å². The SMILES string of the molecule is CC12CCC(C1)C(C)(C)C2NC1CCOc2ccccc21. The van der Waals surface area contributed by atoms with Crippen molar-refractivity contribution in [1.29, 1.82) is 0 Å². The Kier molecular flexibility index (Phi) is 2.91. The number of nitrogens with one attached hydrogen (secondary N) is 1. The summed E-state index contributed by atoms with van der Waals surface area (Å²) in [5.74, 6) is 1.97. The molecule has 2 fully saturated rings. The Bertz CT molecular complexity index is 547. The van der Waals surface area contributed by atoms with Crippen LogP contribution < -0.4 is 10.1 Å². The smallest absolute Gasteiger partial charge is 0.124 e. The molecule has 1 heterocycles. The number of ether oxygens (including phenoxy) is 1. The van der Waals surface area contributed by atoms with E-state index in [-0.39, 0.29) is 0 Å². The molecule has 1 N–H and O–H groups in total. The maximum absolute atomic E-state index is 5.82. The molecule has 4 atom stereocenters. The van der Waals surface area contributed by atoms with Crippen LogP contribution in [0.2, 0.25) is 0 Å². The first-order chi connectivity index (χ1) is 10.0. The highest BCUT2D eigenvalue weighted by Gasteiger charge is 2.59. The fourth-order valence-corrected chi connectivity index (χ4v) is 5.43. The zero-order valence-corrected chi connectivity index (χ0v) is 13.5. The first-order valence-corrected chi connectivity index (χ1v) is 8.48. The summed E-state index contributed by atoms with van der Waals surface area (Å²) in [6, 6.07) is 9.63. The van der Waals surface area contributed by atoms with Crippen LogP contribution in [-0.4, -0.2) is 12.6 Å². The van der Waals surface area contributed by atoms with Crippen LogP contribution in [0.3, 0.4) is 0 Å². The van der Waals surface area contributed by atoms with Crippen LogP contribution in [-0.2, 0) is 0 Å². The fraction of sp³-hybridized carbons (Fsp3) is 0.684. The number of hydrogen-bond donors (Lipinski definition) is 1. The molecule has 0 amide bonds. The van der Waals surface area contributed by atoms with Gasteiger partial charge in [0.15, 0.2) is 0 Å². The predicted molar refractivity (Wildman–Crippen MR) is 85.4 cm³/mol. The quantitative estimate of drug-likeness (QED) is 0.874. The van der Waals surface area contributed by atoms with Gasteiger partial charge in [-0.25, -0.2) is 0 Å². The molecule has 1 aromatic rings. The van der Waals surface area contributed by atoms with Crippen molar-refractivity contribution in [2.24, 2.45) is 16.7 Å². The van der Waals surface area contributed by atoms with Crippen molar-refractivity contribution in [1.82, 2.24) is 5.32 Å². The lowest BCUT2D eigenvalue weighted by Crippen LogP contribution is -2.51. The summed E-state index contributed by atoms with van der Waals surface area (Å²) >= 11 is 0. The number of para-hydroxylation sites is 1. The van der Waals surface area contributed by atoms with Gasteiger partial charge in [0, 0.05) is 24.1 Å². The van der Waals surface area contributed by atoms with Crippen LogP contribution in [0.15, 0.2) is 24.3 Å². The molecule has 3 aliphatic rings. The van der Waals surface area contributed by atoms with Crippen molar-refractivity contribution in [3.63, 3.8) is 0 Å². The van der Waals surface area contributed by atoms with E-state index in [0.717, 1.165) is 24.7 Å². The maximum atomic E-state index is 5.82. The minimum Gasteiger partial charge on any atom is -0.493 e. The molecule has 0 radical (unpaired) electrons. The van der Waals surface area contributed by atoms with E-state index >= 15 is 0 Å². The van der Waals surface area contributed by atoms with Gasteiger partial charge in [0.25, 0.3) is 0 Å². The standard InChI is InChI=1S/C19H27NO/c1-18(2)13-8-10-19(3,12-13)17(18)20-15-9-11-21-16-7-5-4-6-14(15)16/h4-7,13,15,17,20H,8-12H2,1-3H3. The maximum Gasteiger partial charge on any atom is 0.124 e. The van der Waals surface area contributed by atoms with E-state index in [0.29, 0.717) is 22.9 Å². The second-order valence-corrected chi connectivity index (χ2v) is 8.24. The Morgan fingerprint density at radius 1 is 1.14 bits per heavy atom. The zero-order chi connectivity index (χ0) is 14.7. The lowest BCUT2D eigenvalue weighted by Gasteiger charge is -2.45. The van der Waals surface area contributed by atoms with E-state index in [9.17, 15) is 0 Å². The van der Waals surface area contributed by atoms with Gasteiger partial charge in [-0.2, -0.15) is 0 Å². The summed E-state index contributed by atoms with van der Waals surface area (Å²) in [5.41, 5.74) is 2.26. The molecule has 0 spiro atoms.